The van der Waals surface area contributed by atoms with Crippen LogP contribution in [0.3, 0.4) is 0 Å². The number of amides is 1. The third-order valence-corrected chi connectivity index (χ3v) is 9.00. The van der Waals surface area contributed by atoms with Gasteiger partial charge in [-0.1, -0.05) is 48.5 Å². The Hall–Kier alpha value is -3.25. The minimum atomic E-state index is -4.11. The molecule has 0 saturated carbocycles. The number of hydrogen-bond donors (Lipinski definition) is 2. The molecule has 0 aliphatic heterocycles. The van der Waals surface area contributed by atoms with Crippen molar-refractivity contribution in [1.82, 2.24) is 14.3 Å². The van der Waals surface area contributed by atoms with Crippen LogP contribution in [0.15, 0.2) is 82.6 Å². The lowest BCUT2D eigenvalue weighted by atomic mass is 10.1. The fourth-order valence-corrected chi connectivity index (χ4v) is 5.94. The molecule has 3 aromatic carbocycles. The largest absolute Gasteiger partial charge is 0.495 e. The summed E-state index contributed by atoms with van der Waals surface area (Å²) in [4.78, 5) is 13.3. The molecular weight excluding hydrogens is 514 g/mol. The summed E-state index contributed by atoms with van der Waals surface area (Å²) in [5.74, 6) is -0.353. The number of benzene rings is 3. The molecule has 0 fully saturated rings. The summed E-state index contributed by atoms with van der Waals surface area (Å²) in [6.45, 7) is 1.85. The SMILES string of the molecule is COc1ccc(C)cc1S(=O)(=O)NC(Cc1ccccc1)C(=O)NCc1ccc(S(=O)(=O)N(C)C)cc1. The van der Waals surface area contributed by atoms with E-state index in [1.807, 2.05) is 30.3 Å². The molecule has 11 heteroatoms. The van der Waals surface area contributed by atoms with E-state index >= 15 is 0 Å². The van der Waals surface area contributed by atoms with Gasteiger partial charge in [0.2, 0.25) is 26.0 Å². The van der Waals surface area contributed by atoms with Gasteiger partial charge in [0.25, 0.3) is 0 Å². The third-order valence-electron chi connectivity index (χ3n) is 5.67. The van der Waals surface area contributed by atoms with Gasteiger partial charge in [-0.25, -0.2) is 21.1 Å². The van der Waals surface area contributed by atoms with Gasteiger partial charge in [0.1, 0.15) is 16.7 Å². The zero-order valence-corrected chi connectivity index (χ0v) is 22.8. The van der Waals surface area contributed by atoms with Crippen LogP contribution in [0, 0.1) is 6.92 Å². The summed E-state index contributed by atoms with van der Waals surface area (Å²) in [6, 6.07) is 18.9. The average Bonchev–Trinajstić information content (AvgIpc) is 2.87. The Morgan fingerprint density at radius 3 is 2.16 bits per heavy atom. The Balaban J connectivity index is 1.81. The molecule has 1 amide bonds. The van der Waals surface area contributed by atoms with E-state index in [0.717, 1.165) is 15.4 Å². The van der Waals surface area contributed by atoms with E-state index in [4.69, 9.17) is 4.74 Å². The summed E-state index contributed by atoms with van der Waals surface area (Å²) in [6.07, 6.45) is 0.125. The molecule has 1 atom stereocenters. The maximum atomic E-state index is 13.3. The molecule has 2 N–H and O–H groups in total. The smallest absolute Gasteiger partial charge is 0.244 e. The van der Waals surface area contributed by atoms with Crippen LogP contribution in [-0.4, -0.2) is 54.3 Å². The number of nitrogens with zero attached hydrogens (tertiary/aromatic N) is 1. The van der Waals surface area contributed by atoms with Crippen LogP contribution in [0.5, 0.6) is 5.75 Å². The second kappa shape index (κ2) is 11.9. The molecule has 1 unspecified atom stereocenters. The van der Waals surface area contributed by atoms with Crippen LogP contribution >= 0.6 is 0 Å². The third kappa shape index (κ3) is 7.16. The van der Waals surface area contributed by atoms with Gasteiger partial charge in [0.05, 0.1) is 12.0 Å². The Kier molecular flexibility index (Phi) is 9.08. The lowest BCUT2D eigenvalue weighted by Crippen LogP contribution is -2.47. The Bertz CT molecular complexity index is 1440. The highest BCUT2D eigenvalue weighted by Gasteiger charge is 2.28. The number of ether oxygens (including phenoxy) is 1. The van der Waals surface area contributed by atoms with Crippen molar-refractivity contribution >= 4 is 26.0 Å². The number of nitrogens with one attached hydrogen (secondary N) is 2. The molecule has 0 aliphatic carbocycles. The standard InChI is InChI=1S/C26H31N3O6S2/c1-19-10-15-24(35-4)25(16-19)36(31,32)28-23(17-20-8-6-5-7-9-20)26(30)27-18-21-11-13-22(14-12-21)37(33,34)29(2)3/h5-16,23,28H,17-18H2,1-4H3,(H,27,30). The highest BCUT2D eigenvalue weighted by atomic mass is 32.2. The fraction of sp³-hybridized carbons (Fsp3) is 0.269. The number of aryl methyl sites for hydroxylation is 1. The molecule has 0 aliphatic rings. The van der Waals surface area contributed by atoms with Gasteiger partial charge in [0, 0.05) is 20.6 Å². The van der Waals surface area contributed by atoms with Crippen LogP contribution < -0.4 is 14.8 Å². The Morgan fingerprint density at radius 2 is 1.57 bits per heavy atom. The second-order valence-corrected chi connectivity index (χ2v) is 12.5. The first-order valence-corrected chi connectivity index (χ1v) is 14.4. The first kappa shape index (κ1) is 28.3. The first-order chi connectivity index (χ1) is 17.4. The zero-order valence-electron chi connectivity index (χ0n) is 21.1. The number of carbonyl (C=O) groups is 1. The topological polar surface area (TPSA) is 122 Å². The minimum absolute atomic E-state index is 0.0569. The van der Waals surface area contributed by atoms with Gasteiger partial charge in [-0.3, -0.25) is 4.79 Å². The quantitative estimate of drug-likeness (QED) is 0.382. The van der Waals surface area contributed by atoms with E-state index in [1.165, 1.54) is 39.4 Å². The maximum Gasteiger partial charge on any atom is 0.244 e. The van der Waals surface area contributed by atoms with Gasteiger partial charge >= 0.3 is 0 Å². The first-order valence-electron chi connectivity index (χ1n) is 11.4. The Labute approximate surface area is 218 Å². The molecule has 0 spiro atoms. The number of hydrogen-bond acceptors (Lipinski definition) is 6. The number of rotatable bonds is 11. The maximum absolute atomic E-state index is 13.3. The van der Waals surface area contributed by atoms with Crippen LogP contribution in [0.2, 0.25) is 0 Å². The molecule has 9 nitrogen and oxygen atoms in total. The summed E-state index contributed by atoms with van der Waals surface area (Å²) in [7, 11) is -3.40. The van der Waals surface area contributed by atoms with Crippen molar-refractivity contribution < 1.29 is 26.4 Å². The number of sulfonamides is 2. The number of methoxy groups -OCH3 is 1. The molecule has 198 valence electrons. The average molecular weight is 546 g/mol. The van der Waals surface area contributed by atoms with Gasteiger partial charge < -0.3 is 10.1 Å². The lowest BCUT2D eigenvalue weighted by molar-refractivity contribution is -0.122. The van der Waals surface area contributed by atoms with Crippen molar-refractivity contribution in [2.45, 2.75) is 35.7 Å². The summed E-state index contributed by atoms with van der Waals surface area (Å²) >= 11 is 0. The van der Waals surface area contributed by atoms with Gasteiger partial charge in [-0.15, -0.1) is 0 Å². The van der Waals surface area contributed by atoms with Crippen LogP contribution in [0.4, 0.5) is 0 Å². The van der Waals surface area contributed by atoms with Crippen LogP contribution in [0.1, 0.15) is 16.7 Å². The van der Waals surface area contributed by atoms with Crippen LogP contribution in [-0.2, 0) is 37.8 Å². The van der Waals surface area contributed by atoms with E-state index < -0.39 is 32.0 Å². The second-order valence-electron chi connectivity index (χ2n) is 8.67. The Morgan fingerprint density at radius 1 is 0.919 bits per heavy atom. The highest BCUT2D eigenvalue weighted by Crippen LogP contribution is 2.25. The summed E-state index contributed by atoms with van der Waals surface area (Å²) < 4.78 is 60.0. The fourth-order valence-electron chi connectivity index (χ4n) is 3.58. The van der Waals surface area contributed by atoms with Crippen molar-refractivity contribution in [2.24, 2.45) is 0 Å². The molecule has 3 aromatic rings. The zero-order chi connectivity index (χ0) is 27.2. The molecule has 0 heterocycles. The van der Waals surface area contributed by atoms with Crippen molar-refractivity contribution in [3.05, 3.63) is 89.5 Å². The van der Waals surface area contributed by atoms with E-state index in [-0.39, 0.29) is 28.5 Å². The lowest BCUT2D eigenvalue weighted by Gasteiger charge is -2.20. The summed E-state index contributed by atoms with van der Waals surface area (Å²) in [5.41, 5.74) is 2.16. The normalized spacial score (nSPS) is 12.8. The van der Waals surface area contributed by atoms with E-state index in [9.17, 15) is 21.6 Å². The van der Waals surface area contributed by atoms with Crippen molar-refractivity contribution in [2.75, 3.05) is 21.2 Å². The molecule has 0 radical (unpaired) electrons. The molecule has 0 bridgehead atoms. The summed E-state index contributed by atoms with van der Waals surface area (Å²) in [5, 5.41) is 2.76. The van der Waals surface area contributed by atoms with E-state index in [2.05, 4.69) is 10.0 Å². The predicted octanol–water partition coefficient (Wildman–Crippen LogP) is 2.46. The van der Waals surface area contributed by atoms with Crippen molar-refractivity contribution in [1.29, 1.82) is 0 Å². The van der Waals surface area contributed by atoms with E-state index in [0.29, 0.717) is 5.56 Å². The molecule has 0 saturated heterocycles. The van der Waals surface area contributed by atoms with Crippen molar-refractivity contribution in [3.8, 4) is 5.75 Å². The molecule has 37 heavy (non-hydrogen) atoms. The monoisotopic (exact) mass is 545 g/mol. The molecular formula is C26H31N3O6S2. The van der Waals surface area contributed by atoms with E-state index in [1.54, 1.807) is 31.2 Å². The van der Waals surface area contributed by atoms with Gasteiger partial charge in [0.15, 0.2) is 0 Å². The number of carbonyl (C=O) groups excluding carboxylic acids is 1. The molecule has 3 rings (SSSR count). The van der Waals surface area contributed by atoms with Crippen molar-refractivity contribution in [3.63, 3.8) is 0 Å². The highest BCUT2D eigenvalue weighted by molar-refractivity contribution is 7.89. The predicted molar refractivity (Wildman–Crippen MR) is 141 cm³/mol. The van der Waals surface area contributed by atoms with Gasteiger partial charge in [-0.2, -0.15) is 4.72 Å². The van der Waals surface area contributed by atoms with Gasteiger partial charge in [-0.05, 0) is 54.3 Å². The molecule has 0 aromatic heterocycles. The minimum Gasteiger partial charge on any atom is -0.495 e. The van der Waals surface area contributed by atoms with Crippen LogP contribution in [0.25, 0.3) is 0 Å².